The molecule has 2 aliphatic rings. The summed E-state index contributed by atoms with van der Waals surface area (Å²) in [6, 6.07) is 7.86. The van der Waals surface area contributed by atoms with Crippen LogP contribution in [-0.2, 0) is 19.4 Å². The summed E-state index contributed by atoms with van der Waals surface area (Å²) in [5, 5.41) is 2.02. The van der Waals surface area contributed by atoms with Crippen LogP contribution >= 0.6 is 0 Å². The summed E-state index contributed by atoms with van der Waals surface area (Å²) in [4.78, 5) is 21.8. The van der Waals surface area contributed by atoms with Crippen LogP contribution in [0.25, 0.3) is 33.3 Å². The number of hydrogen-bond donors (Lipinski definition) is 0. The predicted octanol–water partition coefficient (Wildman–Crippen LogP) is 4.15. The van der Waals surface area contributed by atoms with Crippen molar-refractivity contribution in [3.8, 4) is 11.3 Å². The van der Waals surface area contributed by atoms with Crippen LogP contribution in [-0.4, -0.2) is 48.0 Å². The minimum atomic E-state index is -0.349. The van der Waals surface area contributed by atoms with Crippen molar-refractivity contribution in [2.24, 2.45) is 0 Å². The Bertz CT molecular complexity index is 1390. The van der Waals surface area contributed by atoms with Crippen LogP contribution in [0.3, 0.4) is 0 Å². The molecular weight excluding hydrogens is 402 g/mol. The minimum Gasteiger partial charge on any atom is -0.454 e. The van der Waals surface area contributed by atoms with Crippen LogP contribution in [0.2, 0.25) is 0 Å². The van der Waals surface area contributed by atoms with Gasteiger partial charge < -0.3 is 13.7 Å². The van der Waals surface area contributed by atoms with Gasteiger partial charge in [-0.25, -0.2) is 4.79 Å². The number of benzene rings is 1. The van der Waals surface area contributed by atoms with Gasteiger partial charge in [0.1, 0.15) is 11.3 Å². The number of piperazine rings is 1. The first-order valence-electron chi connectivity index (χ1n) is 11.4. The zero-order chi connectivity index (χ0) is 21.8. The average molecular weight is 430 g/mol. The number of furan rings is 1. The third kappa shape index (κ3) is 3.34. The molecule has 0 radical (unpaired) electrons. The highest BCUT2D eigenvalue weighted by Gasteiger charge is 2.21. The first kappa shape index (κ1) is 19.7. The highest BCUT2D eigenvalue weighted by atomic mass is 16.4. The molecule has 0 atom stereocenters. The van der Waals surface area contributed by atoms with Crippen molar-refractivity contribution in [2.45, 2.75) is 32.7 Å². The number of nitrogens with zero attached hydrogens (tertiary/aromatic N) is 3. The number of aromatic nitrogens is 1. The number of rotatable bonds is 3. The van der Waals surface area contributed by atoms with Gasteiger partial charge in [-0.1, -0.05) is 0 Å². The molecule has 1 saturated heterocycles. The minimum absolute atomic E-state index is 0.349. The van der Waals surface area contributed by atoms with Crippen LogP contribution in [0.4, 0.5) is 0 Å². The molecule has 1 fully saturated rings. The van der Waals surface area contributed by atoms with E-state index >= 15 is 0 Å². The zero-order valence-corrected chi connectivity index (χ0v) is 18.6. The number of hydrogen-bond acceptors (Lipinski definition) is 6. The second-order valence-corrected chi connectivity index (χ2v) is 9.25. The summed E-state index contributed by atoms with van der Waals surface area (Å²) < 4.78 is 11.9. The van der Waals surface area contributed by atoms with E-state index in [0.29, 0.717) is 11.3 Å². The lowest BCUT2D eigenvalue weighted by molar-refractivity contribution is 0.148. The summed E-state index contributed by atoms with van der Waals surface area (Å²) in [6.07, 6.45) is 5.24. The first-order valence-corrected chi connectivity index (χ1v) is 11.4. The topological polar surface area (TPSA) is 62.7 Å². The van der Waals surface area contributed by atoms with Gasteiger partial charge >= 0.3 is 5.63 Å². The van der Waals surface area contributed by atoms with Gasteiger partial charge in [-0.3, -0.25) is 9.88 Å². The quantitative estimate of drug-likeness (QED) is 0.456. The van der Waals surface area contributed by atoms with Gasteiger partial charge in [0.05, 0.1) is 5.69 Å². The Morgan fingerprint density at radius 3 is 2.56 bits per heavy atom. The molecule has 6 heteroatoms. The second-order valence-electron chi connectivity index (χ2n) is 9.25. The summed E-state index contributed by atoms with van der Waals surface area (Å²) in [5.74, 6) is 0.701. The Hall–Kier alpha value is -2.96. The fraction of sp³-hybridized carbons (Fsp3) is 0.385. The third-order valence-corrected chi connectivity index (χ3v) is 7.03. The smallest absolute Gasteiger partial charge is 0.336 e. The average Bonchev–Trinajstić information content (AvgIpc) is 3.43. The van der Waals surface area contributed by atoms with Gasteiger partial charge in [0.2, 0.25) is 0 Å². The van der Waals surface area contributed by atoms with E-state index in [-0.39, 0.29) is 5.63 Å². The van der Waals surface area contributed by atoms with E-state index < -0.39 is 0 Å². The largest absolute Gasteiger partial charge is 0.454 e. The van der Waals surface area contributed by atoms with Crippen molar-refractivity contribution < 1.29 is 8.83 Å². The van der Waals surface area contributed by atoms with E-state index in [2.05, 4.69) is 34.0 Å². The Labute approximate surface area is 186 Å². The summed E-state index contributed by atoms with van der Waals surface area (Å²) >= 11 is 0. The van der Waals surface area contributed by atoms with Crippen LogP contribution in [0.1, 0.15) is 28.8 Å². The monoisotopic (exact) mass is 429 g/mol. The SMILES string of the molecule is Cc1ncc(CN2CCN(C)CC2)c2cc(-c3cc(=O)oc4cc5c(cc34)CCC5)oc12. The van der Waals surface area contributed by atoms with Gasteiger partial charge in [-0.05, 0) is 68.1 Å². The molecular formula is C26H27N3O3. The van der Waals surface area contributed by atoms with E-state index in [1.807, 2.05) is 19.2 Å². The third-order valence-electron chi connectivity index (χ3n) is 7.03. The molecule has 0 bridgehead atoms. The molecule has 0 saturated carbocycles. The number of likely N-dealkylation sites (N-methyl/N-ethyl adjacent to an activating group) is 1. The van der Waals surface area contributed by atoms with Gasteiger partial charge in [0, 0.05) is 61.3 Å². The van der Waals surface area contributed by atoms with Crippen LogP contribution in [0, 0.1) is 6.92 Å². The molecule has 4 aromatic rings. The lowest BCUT2D eigenvalue weighted by Gasteiger charge is -2.32. The second kappa shape index (κ2) is 7.57. The number of fused-ring (bicyclic) bond motifs is 3. The molecule has 4 heterocycles. The zero-order valence-electron chi connectivity index (χ0n) is 18.6. The van der Waals surface area contributed by atoms with E-state index in [0.717, 1.165) is 79.6 Å². The van der Waals surface area contributed by atoms with Crippen molar-refractivity contribution in [3.05, 3.63) is 63.3 Å². The molecule has 1 aromatic carbocycles. The van der Waals surface area contributed by atoms with Crippen LogP contribution in [0.15, 0.2) is 44.1 Å². The maximum Gasteiger partial charge on any atom is 0.336 e. The Morgan fingerprint density at radius 1 is 0.969 bits per heavy atom. The van der Waals surface area contributed by atoms with Crippen molar-refractivity contribution in [1.82, 2.24) is 14.8 Å². The van der Waals surface area contributed by atoms with Crippen LogP contribution < -0.4 is 5.63 Å². The van der Waals surface area contributed by atoms with Gasteiger partial charge in [-0.2, -0.15) is 0 Å². The molecule has 6 nitrogen and oxygen atoms in total. The molecule has 164 valence electrons. The van der Waals surface area contributed by atoms with E-state index in [9.17, 15) is 4.79 Å². The maximum absolute atomic E-state index is 12.4. The maximum atomic E-state index is 12.4. The Kier molecular flexibility index (Phi) is 4.66. The van der Waals surface area contributed by atoms with Crippen molar-refractivity contribution in [2.75, 3.05) is 33.2 Å². The Balaban J connectivity index is 1.47. The van der Waals surface area contributed by atoms with E-state index in [4.69, 9.17) is 8.83 Å². The van der Waals surface area contributed by atoms with Gasteiger partial charge in [0.15, 0.2) is 5.58 Å². The standard InChI is InChI=1S/C26H27N3O3/c1-16-26-20(19(14-27-16)15-29-8-6-28(2)7-9-29)12-24(32-26)22-13-25(30)31-23-11-18-5-3-4-17(18)10-21(22)23/h10-14H,3-9,15H2,1-2H3. The molecule has 0 N–H and O–H groups in total. The molecule has 0 spiro atoms. The lowest BCUT2D eigenvalue weighted by Crippen LogP contribution is -2.43. The van der Waals surface area contributed by atoms with Gasteiger partial charge in [0.25, 0.3) is 0 Å². The lowest BCUT2D eigenvalue weighted by atomic mass is 10.0. The van der Waals surface area contributed by atoms with E-state index in [1.165, 1.54) is 16.7 Å². The molecule has 6 rings (SSSR count). The normalized spacial score (nSPS) is 17.4. The van der Waals surface area contributed by atoms with Crippen molar-refractivity contribution >= 4 is 21.9 Å². The fourth-order valence-electron chi connectivity index (χ4n) is 5.14. The van der Waals surface area contributed by atoms with Crippen molar-refractivity contribution in [1.29, 1.82) is 0 Å². The highest BCUT2D eigenvalue weighted by molar-refractivity contribution is 5.96. The highest BCUT2D eigenvalue weighted by Crippen LogP contribution is 2.36. The fourth-order valence-corrected chi connectivity index (χ4v) is 5.14. The first-order chi connectivity index (χ1) is 15.5. The molecule has 1 aliphatic heterocycles. The summed E-state index contributed by atoms with van der Waals surface area (Å²) in [6.45, 7) is 7.07. The molecule has 0 unspecified atom stereocenters. The molecule has 0 amide bonds. The summed E-state index contributed by atoms with van der Waals surface area (Å²) in [7, 11) is 2.17. The number of pyridine rings is 1. The molecule has 32 heavy (non-hydrogen) atoms. The van der Waals surface area contributed by atoms with E-state index in [1.54, 1.807) is 6.07 Å². The van der Waals surface area contributed by atoms with Crippen molar-refractivity contribution in [3.63, 3.8) is 0 Å². The summed E-state index contributed by atoms with van der Waals surface area (Å²) in [5.41, 5.74) is 6.55. The Morgan fingerprint density at radius 2 is 1.75 bits per heavy atom. The molecule has 1 aliphatic carbocycles. The number of aryl methyl sites for hydroxylation is 3. The van der Waals surface area contributed by atoms with Crippen LogP contribution in [0.5, 0.6) is 0 Å². The predicted molar refractivity (Wildman–Crippen MR) is 125 cm³/mol. The van der Waals surface area contributed by atoms with Gasteiger partial charge in [-0.15, -0.1) is 0 Å². The molecule has 3 aromatic heterocycles.